The molecular weight excluding hydrogens is 384 g/mol. The fourth-order valence-electron chi connectivity index (χ4n) is 4.13. The first kappa shape index (κ1) is 22.4. The molecule has 0 aromatic heterocycles. The summed E-state index contributed by atoms with van der Waals surface area (Å²) in [4.78, 5) is 29.0. The Kier molecular flexibility index (Phi) is 6.91. The van der Waals surface area contributed by atoms with Crippen LogP contribution in [-0.2, 0) is 27.1 Å². The Hall–Kier alpha value is -2.28. The average molecular weight is 419 g/mol. The number of methoxy groups -OCH3 is 1. The van der Waals surface area contributed by atoms with Gasteiger partial charge >= 0.3 is 6.09 Å². The fourth-order valence-corrected chi connectivity index (χ4v) is 4.13. The molecule has 0 radical (unpaired) electrons. The van der Waals surface area contributed by atoms with Crippen LogP contribution in [-0.4, -0.2) is 62.5 Å². The smallest absolute Gasteiger partial charge is 0.410 e. The van der Waals surface area contributed by atoms with Crippen molar-refractivity contribution in [2.75, 3.05) is 44.9 Å². The van der Waals surface area contributed by atoms with Crippen molar-refractivity contribution in [2.24, 2.45) is 0 Å². The highest BCUT2D eigenvalue weighted by atomic mass is 16.6. The summed E-state index contributed by atoms with van der Waals surface area (Å²) in [5.74, 6) is 0.868. The van der Waals surface area contributed by atoms with Crippen molar-refractivity contribution in [1.29, 1.82) is 0 Å². The van der Waals surface area contributed by atoms with Crippen LogP contribution < -0.4 is 9.64 Å². The molecule has 7 heteroatoms. The van der Waals surface area contributed by atoms with Crippen LogP contribution in [0.15, 0.2) is 6.07 Å². The minimum absolute atomic E-state index is 0.101. The number of ether oxygens (including phenoxy) is 3. The number of nitrogens with zero attached hydrogens (tertiary/aromatic N) is 2. The Labute approximate surface area is 179 Å². The molecule has 0 bridgehead atoms. The van der Waals surface area contributed by atoms with Crippen molar-refractivity contribution in [3.05, 3.63) is 22.8 Å². The second kappa shape index (κ2) is 9.25. The number of anilines is 1. The van der Waals surface area contributed by atoms with E-state index >= 15 is 0 Å². The third-order valence-corrected chi connectivity index (χ3v) is 5.55. The first-order valence-corrected chi connectivity index (χ1v) is 10.8. The Morgan fingerprint density at radius 2 is 1.90 bits per heavy atom. The first-order valence-electron chi connectivity index (χ1n) is 10.8. The van der Waals surface area contributed by atoms with Gasteiger partial charge in [0.25, 0.3) is 0 Å². The molecule has 1 aromatic rings. The van der Waals surface area contributed by atoms with Crippen LogP contribution in [0.5, 0.6) is 5.75 Å². The minimum atomic E-state index is -0.511. The average Bonchev–Trinajstić information content (AvgIpc) is 2.89. The van der Waals surface area contributed by atoms with Crippen LogP contribution in [0.3, 0.4) is 0 Å². The molecule has 2 aliphatic rings. The molecule has 0 fully saturated rings. The van der Waals surface area contributed by atoms with Crippen molar-refractivity contribution in [1.82, 2.24) is 4.90 Å². The highest BCUT2D eigenvalue weighted by Gasteiger charge is 2.30. The predicted octanol–water partition coefficient (Wildman–Crippen LogP) is 3.48. The lowest BCUT2D eigenvalue weighted by Gasteiger charge is -2.33. The van der Waals surface area contributed by atoms with Crippen LogP contribution in [0.4, 0.5) is 10.5 Å². The van der Waals surface area contributed by atoms with E-state index in [4.69, 9.17) is 14.2 Å². The molecule has 166 valence electrons. The number of hydrogen-bond donors (Lipinski definition) is 0. The van der Waals surface area contributed by atoms with Gasteiger partial charge in [0, 0.05) is 33.2 Å². The van der Waals surface area contributed by atoms with E-state index in [1.165, 1.54) is 11.1 Å². The highest BCUT2D eigenvalue weighted by molar-refractivity contribution is 5.96. The molecule has 2 aliphatic heterocycles. The summed E-state index contributed by atoms with van der Waals surface area (Å²) >= 11 is 0. The molecule has 30 heavy (non-hydrogen) atoms. The molecule has 0 atom stereocenters. The molecule has 0 saturated heterocycles. The Balaban J connectivity index is 1.82. The summed E-state index contributed by atoms with van der Waals surface area (Å²) in [6.45, 7) is 10.5. The first-order chi connectivity index (χ1) is 14.2. The Morgan fingerprint density at radius 1 is 1.17 bits per heavy atom. The monoisotopic (exact) mass is 418 g/mol. The number of carbonyl (C=O) groups is 2. The van der Waals surface area contributed by atoms with E-state index < -0.39 is 5.60 Å². The Morgan fingerprint density at radius 3 is 2.60 bits per heavy atom. The Bertz CT molecular complexity index is 800. The van der Waals surface area contributed by atoms with E-state index in [-0.39, 0.29) is 12.0 Å². The van der Waals surface area contributed by atoms with Crippen molar-refractivity contribution in [2.45, 2.75) is 59.0 Å². The van der Waals surface area contributed by atoms with E-state index in [9.17, 15) is 9.59 Å². The normalized spacial score (nSPS) is 16.3. The molecule has 0 spiro atoms. The summed E-state index contributed by atoms with van der Waals surface area (Å²) in [6.07, 6.45) is 2.37. The van der Waals surface area contributed by atoms with Gasteiger partial charge < -0.3 is 24.0 Å². The van der Waals surface area contributed by atoms with Gasteiger partial charge in [0.05, 0.1) is 12.2 Å². The van der Waals surface area contributed by atoms with Gasteiger partial charge in [-0.1, -0.05) is 0 Å². The maximum absolute atomic E-state index is 12.8. The zero-order chi connectivity index (χ0) is 21.9. The van der Waals surface area contributed by atoms with Gasteiger partial charge in [0.15, 0.2) is 0 Å². The zero-order valence-corrected chi connectivity index (χ0v) is 18.9. The molecule has 1 aromatic carbocycles. The van der Waals surface area contributed by atoms with Crippen LogP contribution in [0.1, 0.15) is 50.3 Å². The fraction of sp³-hybridized carbons (Fsp3) is 0.652. The number of carbonyl (C=O) groups excluding carboxylic acids is 2. The number of fused-ring (bicyclic) bond motifs is 2. The summed E-state index contributed by atoms with van der Waals surface area (Å²) < 4.78 is 16.6. The lowest BCUT2D eigenvalue weighted by atomic mass is 9.94. The number of rotatable bonds is 4. The van der Waals surface area contributed by atoms with Crippen molar-refractivity contribution < 1.29 is 23.8 Å². The van der Waals surface area contributed by atoms with Gasteiger partial charge in [0.1, 0.15) is 18.0 Å². The van der Waals surface area contributed by atoms with Crippen LogP contribution >= 0.6 is 0 Å². The second-order valence-corrected chi connectivity index (χ2v) is 8.94. The topological polar surface area (TPSA) is 68.3 Å². The zero-order valence-electron chi connectivity index (χ0n) is 18.9. The standard InChI is InChI=1S/C23H34N2O5/c1-16-18-9-11-24(22(27)30-23(2,3)4)10-8-17(18)15-19-21(16)25(12-14-29-19)20(26)7-6-13-28-5/h15H,6-14H2,1-5H3. The van der Waals surface area contributed by atoms with E-state index in [2.05, 4.69) is 13.0 Å². The largest absolute Gasteiger partial charge is 0.490 e. The third kappa shape index (κ3) is 5.06. The number of amides is 2. The molecule has 0 aliphatic carbocycles. The molecule has 0 saturated carbocycles. The van der Waals surface area contributed by atoms with Gasteiger partial charge in [0.2, 0.25) is 5.91 Å². The molecule has 7 nitrogen and oxygen atoms in total. The predicted molar refractivity (Wildman–Crippen MR) is 115 cm³/mol. The molecule has 0 N–H and O–H groups in total. The second-order valence-electron chi connectivity index (χ2n) is 8.94. The SMILES string of the molecule is COCCCC(=O)N1CCOc2cc3c(c(C)c21)CCN(C(=O)OC(C)(C)C)CC3. The van der Waals surface area contributed by atoms with E-state index in [0.717, 1.165) is 29.8 Å². The molecule has 2 amide bonds. The maximum atomic E-state index is 12.8. The van der Waals surface area contributed by atoms with Gasteiger partial charge in [-0.15, -0.1) is 0 Å². The summed E-state index contributed by atoms with van der Waals surface area (Å²) in [5.41, 5.74) is 3.84. The van der Waals surface area contributed by atoms with Gasteiger partial charge in [-0.2, -0.15) is 0 Å². The molecular formula is C23H34N2O5. The molecule has 0 unspecified atom stereocenters. The summed E-state index contributed by atoms with van der Waals surface area (Å²) in [6, 6.07) is 2.06. The number of hydrogen-bond acceptors (Lipinski definition) is 5. The quantitative estimate of drug-likeness (QED) is 0.701. The molecule has 3 rings (SSSR count). The third-order valence-electron chi connectivity index (χ3n) is 5.55. The van der Waals surface area contributed by atoms with Crippen LogP contribution in [0.2, 0.25) is 0 Å². The van der Waals surface area contributed by atoms with Gasteiger partial charge in [-0.3, -0.25) is 4.79 Å². The lowest BCUT2D eigenvalue weighted by Crippen LogP contribution is -2.39. The van der Waals surface area contributed by atoms with Crippen LogP contribution in [0, 0.1) is 6.92 Å². The van der Waals surface area contributed by atoms with Crippen molar-refractivity contribution in [3.63, 3.8) is 0 Å². The van der Waals surface area contributed by atoms with Crippen LogP contribution in [0.25, 0.3) is 0 Å². The molecule has 2 heterocycles. The summed E-state index contributed by atoms with van der Waals surface area (Å²) in [7, 11) is 1.65. The van der Waals surface area contributed by atoms with Gasteiger partial charge in [-0.05, 0) is 69.7 Å². The number of benzene rings is 1. The van der Waals surface area contributed by atoms with E-state index in [1.54, 1.807) is 12.0 Å². The maximum Gasteiger partial charge on any atom is 0.410 e. The minimum Gasteiger partial charge on any atom is -0.490 e. The van der Waals surface area contributed by atoms with Crippen molar-refractivity contribution >= 4 is 17.7 Å². The summed E-state index contributed by atoms with van der Waals surface area (Å²) in [5, 5.41) is 0. The lowest BCUT2D eigenvalue weighted by molar-refractivity contribution is -0.119. The van der Waals surface area contributed by atoms with E-state index in [1.807, 2.05) is 25.7 Å². The highest BCUT2D eigenvalue weighted by Crippen LogP contribution is 2.40. The van der Waals surface area contributed by atoms with E-state index in [0.29, 0.717) is 45.7 Å². The van der Waals surface area contributed by atoms with Crippen molar-refractivity contribution in [3.8, 4) is 5.75 Å². The van der Waals surface area contributed by atoms with Gasteiger partial charge in [-0.25, -0.2) is 4.79 Å².